The Bertz CT molecular complexity index is 249. The number of carbonyl (C=O) groups is 1. The first kappa shape index (κ1) is 12.7. The predicted molar refractivity (Wildman–Crippen MR) is 67.9 cm³/mol. The highest BCUT2D eigenvalue weighted by molar-refractivity contribution is 5.67. The fraction of sp³-hybridized carbons (Fsp3) is 0.929. The first-order valence-corrected chi connectivity index (χ1v) is 7.21. The number of nitrogens with one attached hydrogen (secondary N) is 1. The Balaban J connectivity index is 1.68. The molecule has 3 heteroatoms. The average molecular weight is 239 g/mol. The molecule has 17 heavy (non-hydrogen) atoms. The van der Waals surface area contributed by atoms with Crippen LogP contribution in [0, 0.1) is 5.92 Å². The van der Waals surface area contributed by atoms with Gasteiger partial charge in [-0.25, -0.2) is 4.79 Å². The largest absolute Gasteiger partial charge is 0.446 e. The van der Waals surface area contributed by atoms with Gasteiger partial charge in [-0.2, -0.15) is 0 Å². The van der Waals surface area contributed by atoms with Gasteiger partial charge in [-0.15, -0.1) is 0 Å². The van der Waals surface area contributed by atoms with E-state index in [1.54, 1.807) is 0 Å². The van der Waals surface area contributed by atoms with Crippen molar-refractivity contribution >= 4 is 6.09 Å². The van der Waals surface area contributed by atoms with Crippen molar-refractivity contribution in [3.8, 4) is 0 Å². The molecule has 0 bridgehead atoms. The van der Waals surface area contributed by atoms with Gasteiger partial charge in [0.15, 0.2) is 0 Å². The Morgan fingerprint density at radius 3 is 2.53 bits per heavy atom. The molecule has 1 N–H and O–H groups in total. The van der Waals surface area contributed by atoms with E-state index in [0.717, 1.165) is 25.7 Å². The van der Waals surface area contributed by atoms with Crippen molar-refractivity contribution < 1.29 is 9.53 Å². The van der Waals surface area contributed by atoms with Crippen LogP contribution in [0.5, 0.6) is 0 Å². The van der Waals surface area contributed by atoms with Gasteiger partial charge in [0, 0.05) is 6.04 Å². The fourth-order valence-corrected chi connectivity index (χ4v) is 3.08. The molecule has 0 saturated heterocycles. The van der Waals surface area contributed by atoms with Crippen molar-refractivity contribution in [3.05, 3.63) is 0 Å². The topological polar surface area (TPSA) is 38.3 Å². The van der Waals surface area contributed by atoms with Crippen molar-refractivity contribution in [3.63, 3.8) is 0 Å². The van der Waals surface area contributed by atoms with E-state index in [0.29, 0.717) is 12.0 Å². The minimum atomic E-state index is -0.184. The maximum atomic E-state index is 11.8. The van der Waals surface area contributed by atoms with Gasteiger partial charge < -0.3 is 10.1 Å². The highest BCUT2D eigenvalue weighted by Crippen LogP contribution is 2.26. The fourth-order valence-electron chi connectivity index (χ4n) is 3.08. The Labute approximate surface area is 104 Å². The van der Waals surface area contributed by atoms with Crippen LogP contribution in [0.2, 0.25) is 0 Å². The zero-order valence-electron chi connectivity index (χ0n) is 10.9. The maximum absolute atomic E-state index is 11.8. The second-order valence-electron chi connectivity index (χ2n) is 5.78. The van der Waals surface area contributed by atoms with Gasteiger partial charge in [0.1, 0.15) is 6.10 Å². The van der Waals surface area contributed by atoms with E-state index in [1.807, 2.05) is 0 Å². The number of ether oxygens (including phenoxy) is 1. The molecule has 0 aromatic carbocycles. The number of amides is 1. The lowest BCUT2D eigenvalue weighted by Gasteiger charge is -2.28. The summed E-state index contributed by atoms with van der Waals surface area (Å²) in [5.74, 6) is 0.705. The molecule has 0 aliphatic heterocycles. The standard InChI is InChI=1S/C14H25NO2/c1-11-6-5-9-13(10-11)17-14(16)15-12-7-3-2-4-8-12/h11-13H,2-10H2,1H3,(H,15,16)/t11-,13-/m1/s1. The quantitative estimate of drug-likeness (QED) is 0.799. The first-order valence-electron chi connectivity index (χ1n) is 7.21. The van der Waals surface area contributed by atoms with E-state index in [-0.39, 0.29) is 12.2 Å². The molecule has 98 valence electrons. The van der Waals surface area contributed by atoms with Crippen molar-refractivity contribution in [2.24, 2.45) is 5.92 Å². The molecule has 2 fully saturated rings. The lowest BCUT2D eigenvalue weighted by atomic mass is 9.89. The molecule has 0 heterocycles. The molecular weight excluding hydrogens is 214 g/mol. The Morgan fingerprint density at radius 2 is 1.82 bits per heavy atom. The minimum absolute atomic E-state index is 0.155. The SMILES string of the molecule is C[C@@H]1CCC[C@@H](OC(=O)NC2CCCCC2)C1. The van der Waals surface area contributed by atoms with Crippen LogP contribution in [0.15, 0.2) is 0 Å². The molecule has 1 amide bonds. The van der Waals surface area contributed by atoms with E-state index in [2.05, 4.69) is 12.2 Å². The molecule has 2 atom stereocenters. The normalized spacial score (nSPS) is 30.9. The highest BCUT2D eigenvalue weighted by Gasteiger charge is 2.23. The second-order valence-corrected chi connectivity index (χ2v) is 5.78. The smallest absolute Gasteiger partial charge is 0.407 e. The third-order valence-corrected chi connectivity index (χ3v) is 4.09. The third-order valence-electron chi connectivity index (χ3n) is 4.09. The third kappa shape index (κ3) is 4.21. The van der Waals surface area contributed by atoms with Crippen molar-refractivity contribution in [2.75, 3.05) is 0 Å². The summed E-state index contributed by atoms with van der Waals surface area (Å²) in [4.78, 5) is 11.8. The molecule has 3 nitrogen and oxygen atoms in total. The Kier molecular flexibility index (Phi) is 4.69. The van der Waals surface area contributed by atoms with Gasteiger partial charge in [-0.05, 0) is 38.0 Å². The van der Waals surface area contributed by atoms with Gasteiger partial charge in [-0.3, -0.25) is 0 Å². The van der Waals surface area contributed by atoms with Crippen LogP contribution in [-0.4, -0.2) is 18.2 Å². The molecule has 0 aromatic rings. The monoisotopic (exact) mass is 239 g/mol. The molecule has 0 aromatic heterocycles. The molecule has 0 unspecified atom stereocenters. The van der Waals surface area contributed by atoms with Crippen LogP contribution in [0.4, 0.5) is 4.79 Å². The van der Waals surface area contributed by atoms with Crippen LogP contribution in [0.3, 0.4) is 0 Å². The number of carbonyl (C=O) groups excluding carboxylic acids is 1. The summed E-state index contributed by atoms with van der Waals surface area (Å²) in [6, 6.07) is 0.359. The summed E-state index contributed by atoms with van der Waals surface area (Å²) in [7, 11) is 0. The average Bonchev–Trinajstić information content (AvgIpc) is 2.30. The number of alkyl carbamates (subject to hydrolysis) is 1. The van der Waals surface area contributed by atoms with Gasteiger partial charge >= 0.3 is 6.09 Å². The second kappa shape index (κ2) is 6.27. The van der Waals surface area contributed by atoms with Crippen LogP contribution >= 0.6 is 0 Å². The summed E-state index contributed by atoms with van der Waals surface area (Å²) >= 11 is 0. The number of hydrogen-bond donors (Lipinski definition) is 1. The van der Waals surface area contributed by atoms with Gasteiger partial charge in [0.05, 0.1) is 0 Å². The van der Waals surface area contributed by atoms with E-state index in [1.165, 1.54) is 32.1 Å². The minimum Gasteiger partial charge on any atom is -0.446 e. The van der Waals surface area contributed by atoms with E-state index < -0.39 is 0 Å². The molecule has 2 rings (SSSR count). The highest BCUT2D eigenvalue weighted by atomic mass is 16.6. The molecule has 0 radical (unpaired) electrons. The zero-order chi connectivity index (χ0) is 12.1. The molecule has 2 aliphatic rings. The zero-order valence-corrected chi connectivity index (χ0v) is 10.9. The van der Waals surface area contributed by atoms with Crippen LogP contribution in [-0.2, 0) is 4.74 Å². The number of rotatable bonds is 2. The lowest BCUT2D eigenvalue weighted by Crippen LogP contribution is -2.39. The Morgan fingerprint density at radius 1 is 1.06 bits per heavy atom. The Hall–Kier alpha value is -0.730. The summed E-state index contributed by atoms with van der Waals surface area (Å²) in [6.45, 7) is 2.24. The predicted octanol–water partition coefficient (Wildman–Crippen LogP) is 3.62. The van der Waals surface area contributed by atoms with Gasteiger partial charge in [-0.1, -0.05) is 32.6 Å². The van der Waals surface area contributed by atoms with E-state index in [4.69, 9.17) is 4.74 Å². The van der Waals surface area contributed by atoms with Crippen LogP contribution in [0.25, 0.3) is 0 Å². The van der Waals surface area contributed by atoms with Crippen molar-refractivity contribution in [1.29, 1.82) is 0 Å². The summed E-state index contributed by atoms with van der Waals surface area (Å²) < 4.78 is 5.51. The summed E-state index contributed by atoms with van der Waals surface area (Å²) in [5.41, 5.74) is 0. The summed E-state index contributed by atoms with van der Waals surface area (Å²) in [5, 5.41) is 3.02. The first-order chi connectivity index (χ1) is 8.24. The van der Waals surface area contributed by atoms with Crippen LogP contribution < -0.4 is 5.32 Å². The van der Waals surface area contributed by atoms with E-state index in [9.17, 15) is 4.79 Å². The van der Waals surface area contributed by atoms with Gasteiger partial charge in [0.25, 0.3) is 0 Å². The molecule has 2 aliphatic carbocycles. The van der Waals surface area contributed by atoms with Crippen molar-refractivity contribution in [2.45, 2.75) is 76.9 Å². The molecule has 0 spiro atoms. The van der Waals surface area contributed by atoms with Gasteiger partial charge in [0.2, 0.25) is 0 Å². The number of hydrogen-bond acceptors (Lipinski definition) is 2. The lowest BCUT2D eigenvalue weighted by molar-refractivity contribution is 0.0592. The summed E-state index contributed by atoms with van der Waals surface area (Å²) in [6.07, 6.45) is 10.6. The van der Waals surface area contributed by atoms with Crippen molar-refractivity contribution in [1.82, 2.24) is 5.32 Å². The molecule has 2 saturated carbocycles. The molecular formula is C14H25NO2. The van der Waals surface area contributed by atoms with Crippen LogP contribution in [0.1, 0.15) is 64.7 Å². The van der Waals surface area contributed by atoms with E-state index >= 15 is 0 Å². The maximum Gasteiger partial charge on any atom is 0.407 e.